The van der Waals surface area contributed by atoms with Crippen molar-refractivity contribution in [1.82, 2.24) is 10.2 Å². The van der Waals surface area contributed by atoms with E-state index in [4.69, 9.17) is 0 Å². The van der Waals surface area contributed by atoms with Crippen molar-refractivity contribution >= 4 is 27.5 Å². The van der Waals surface area contributed by atoms with Gasteiger partial charge in [0.15, 0.2) is 0 Å². The molecular formula is C32H36F3N3O4S. The molecule has 4 rings (SSSR count). The maximum absolute atomic E-state index is 14.1. The molecule has 0 unspecified atom stereocenters. The largest absolute Gasteiger partial charge is 0.416 e. The number of nitrogens with one attached hydrogen (secondary N) is 1. The maximum Gasteiger partial charge on any atom is 0.416 e. The van der Waals surface area contributed by atoms with Crippen LogP contribution < -0.4 is 9.62 Å². The molecule has 0 aliphatic heterocycles. The monoisotopic (exact) mass is 615 g/mol. The summed E-state index contributed by atoms with van der Waals surface area (Å²) in [4.78, 5) is 29.3. The normalized spacial score (nSPS) is 14.7. The number of rotatable bonds is 11. The molecule has 2 amide bonds. The highest BCUT2D eigenvalue weighted by Crippen LogP contribution is 2.32. The van der Waals surface area contributed by atoms with Crippen LogP contribution in [-0.4, -0.2) is 50.0 Å². The number of halogens is 3. The summed E-state index contributed by atoms with van der Waals surface area (Å²) in [6.45, 7) is 1.10. The third kappa shape index (κ3) is 8.82. The number of aryl methyl sites for hydroxylation is 1. The summed E-state index contributed by atoms with van der Waals surface area (Å²) in [6.07, 6.45) is -0.0836. The highest BCUT2D eigenvalue weighted by molar-refractivity contribution is 7.92. The van der Waals surface area contributed by atoms with Crippen LogP contribution in [0.5, 0.6) is 0 Å². The van der Waals surface area contributed by atoms with Crippen LogP contribution in [-0.2, 0) is 38.8 Å². The molecule has 3 aromatic rings. The lowest BCUT2D eigenvalue weighted by Crippen LogP contribution is -2.54. The molecule has 1 aliphatic carbocycles. The zero-order chi connectivity index (χ0) is 31.2. The number of anilines is 1. The van der Waals surface area contributed by atoms with Gasteiger partial charge in [0.25, 0.3) is 0 Å². The standard InChI is InChI=1S/C32H36F3N3O4S/c1-23-10-8-13-25(18-23)21-37(29(19-24-11-4-3-5-12-24)31(40)36-27-15-6-7-16-27)30(39)22-38(43(2,41)42)28-17-9-14-26(20-28)32(33,34)35/h3-5,8-14,17-18,20,27,29H,6-7,15-16,19,21-22H2,1-2H3,(H,36,40)/t29-/m1/s1. The lowest BCUT2D eigenvalue weighted by molar-refractivity contribution is -0.140. The van der Waals surface area contributed by atoms with Gasteiger partial charge in [0, 0.05) is 19.0 Å². The number of alkyl halides is 3. The van der Waals surface area contributed by atoms with Crippen LogP contribution in [0.15, 0.2) is 78.9 Å². The zero-order valence-corrected chi connectivity index (χ0v) is 25.0. The SMILES string of the molecule is Cc1cccc(CN(C(=O)CN(c2cccc(C(F)(F)F)c2)S(C)(=O)=O)[C@H](Cc2ccccc2)C(=O)NC2CCCC2)c1. The van der Waals surface area contributed by atoms with Crippen molar-refractivity contribution < 1.29 is 31.2 Å². The fraction of sp³-hybridized carbons (Fsp3) is 0.375. The summed E-state index contributed by atoms with van der Waals surface area (Å²) in [7, 11) is -4.19. The molecule has 1 saturated carbocycles. The highest BCUT2D eigenvalue weighted by Gasteiger charge is 2.35. The quantitative estimate of drug-likeness (QED) is 0.310. The van der Waals surface area contributed by atoms with Crippen LogP contribution in [0.25, 0.3) is 0 Å². The summed E-state index contributed by atoms with van der Waals surface area (Å²) in [5.74, 6) is -1.08. The van der Waals surface area contributed by atoms with Gasteiger partial charge in [-0.05, 0) is 49.1 Å². The fourth-order valence-electron chi connectivity index (χ4n) is 5.38. The van der Waals surface area contributed by atoms with Crippen molar-refractivity contribution in [2.45, 2.75) is 63.8 Å². The second-order valence-corrected chi connectivity index (χ2v) is 12.9. The first-order valence-corrected chi connectivity index (χ1v) is 16.0. The van der Waals surface area contributed by atoms with Gasteiger partial charge >= 0.3 is 6.18 Å². The van der Waals surface area contributed by atoms with Gasteiger partial charge in [-0.15, -0.1) is 0 Å². The van der Waals surface area contributed by atoms with E-state index < -0.39 is 40.3 Å². The minimum Gasteiger partial charge on any atom is -0.352 e. The number of carbonyl (C=O) groups excluding carboxylic acids is 2. The van der Waals surface area contributed by atoms with Crippen LogP contribution >= 0.6 is 0 Å². The second kappa shape index (κ2) is 13.6. The summed E-state index contributed by atoms with van der Waals surface area (Å²) in [5, 5.41) is 3.08. The van der Waals surface area contributed by atoms with Gasteiger partial charge in [0.1, 0.15) is 12.6 Å². The number of hydrogen-bond acceptors (Lipinski definition) is 4. The highest BCUT2D eigenvalue weighted by atomic mass is 32.2. The average molecular weight is 616 g/mol. The third-order valence-corrected chi connectivity index (χ3v) is 8.69. The first-order valence-electron chi connectivity index (χ1n) is 14.2. The van der Waals surface area contributed by atoms with Gasteiger partial charge in [0.05, 0.1) is 17.5 Å². The Morgan fingerprint density at radius 3 is 2.21 bits per heavy atom. The fourth-order valence-corrected chi connectivity index (χ4v) is 6.22. The van der Waals surface area contributed by atoms with E-state index in [0.29, 0.717) is 10.4 Å². The predicted octanol–water partition coefficient (Wildman–Crippen LogP) is 5.48. The smallest absolute Gasteiger partial charge is 0.352 e. The van der Waals surface area contributed by atoms with E-state index >= 15 is 0 Å². The Morgan fingerprint density at radius 1 is 0.930 bits per heavy atom. The van der Waals surface area contributed by atoms with E-state index in [1.165, 1.54) is 11.0 Å². The molecule has 0 radical (unpaired) electrons. The van der Waals surface area contributed by atoms with Crippen molar-refractivity contribution in [3.05, 3.63) is 101 Å². The Labute approximate surface area is 250 Å². The Bertz CT molecular complexity index is 1520. The second-order valence-electron chi connectivity index (χ2n) is 11.0. The summed E-state index contributed by atoms with van der Waals surface area (Å²) < 4.78 is 66.8. The molecule has 7 nitrogen and oxygen atoms in total. The van der Waals surface area contributed by atoms with Crippen LogP contribution in [0.2, 0.25) is 0 Å². The van der Waals surface area contributed by atoms with Crippen molar-refractivity contribution in [2.75, 3.05) is 17.1 Å². The van der Waals surface area contributed by atoms with Crippen molar-refractivity contribution in [1.29, 1.82) is 0 Å². The first kappa shape index (κ1) is 32.1. The molecule has 0 heterocycles. The number of benzene rings is 3. The van der Waals surface area contributed by atoms with E-state index in [1.54, 1.807) is 0 Å². The molecular weight excluding hydrogens is 579 g/mol. The van der Waals surface area contributed by atoms with Gasteiger partial charge in [-0.1, -0.05) is 79.1 Å². The van der Waals surface area contributed by atoms with E-state index in [2.05, 4.69) is 5.32 Å². The molecule has 3 aromatic carbocycles. The van der Waals surface area contributed by atoms with Crippen molar-refractivity contribution in [3.8, 4) is 0 Å². The van der Waals surface area contributed by atoms with Crippen molar-refractivity contribution in [2.24, 2.45) is 0 Å². The van der Waals surface area contributed by atoms with E-state index in [9.17, 15) is 31.2 Å². The van der Waals surface area contributed by atoms with E-state index in [-0.39, 0.29) is 30.6 Å². The Balaban J connectivity index is 1.74. The molecule has 43 heavy (non-hydrogen) atoms. The van der Waals surface area contributed by atoms with Crippen LogP contribution in [0.3, 0.4) is 0 Å². The van der Waals surface area contributed by atoms with Gasteiger partial charge in [-0.2, -0.15) is 13.2 Å². The predicted molar refractivity (Wildman–Crippen MR) is 160 cm³/mol. The zero-order valence-electron chi connectivity index (χ0n) is 24.2. The lowest BCUT2D eigenvalue weighted by atomic mass is 10.0. The molecule has 0 spiro atoms. The van der Waals surface area contributed by atoms with E-state index in [1.807, 2.05) is 61.5 Å². The molecule has 1 fully saturated rings. The molecule has 1 N–H and O–H groups in total. The minimum absolute atomic E-state index is 0.00368. The topological polar surface area (TPSA) is 86.8 Å². The maximum atomic E-state index is 14.1. The third-order valence-electron chi connectivity index (χ3n) is 7.55. The number of hydrogen-bond donors (Lipinski definition) is 1. The number of amides is 2. The molecule has 0 aromatic heterocycles. The molecule has 230 valence electrons. The molecule has 0 saturated heterocycles. The Morgan fingerprint density at radius 2 is 1.58 bits per heavy atom. The number of nitrogens with zero attached hydrogens (tertiary/aromatic N) is 2. The molecule has 0 bridgehead atoms. The Hall–Kier alpha value is -3.86. The summed E-state index contributed by atoms with van der Waals surface area (Å²) >= 11 is 0. The van der Waals surface area contributed by atoms with Crippen LogP contribution in [0, 0.1) is 6.92 Å². The van der Waals surface area contributed by atoms with Crippen molar-refractivity contribution in [3.63, 3.8) is 0 Å². The molecule has 11 heteroatoms. The lowest BCUT2D eigenvalue weighted by Gasteiger charge is -2.34. The van der Waals surface area contributed by atoms with E-state index in [0.717, 1.165) is 60.8 Å². The molecule has 1 atom stereocenters. The van der Waals surface area contributed by atoms with Gasteiger partial charge < -0.3 is 10.2 Å². The molecule has 1 aliphatic rings. The minimum atomic E-state index is -4.71. The Kier molecular flexibility index (Phi) is 10.2. The summed E-state index contributed by atoms with van der Waals surface area (Å²) in [5.41, 5.74) is 1.12. The van der Waals surface area contributed by atoms with Gasteiger partial charge in [-0.25, -0.2) is 8.42 Å². The number of carbonyl (C=O) groups is 2. The van der Waals surface area contributed by atoms with Gasteiger partial charge in [0.2, 0.25) is 21.8 Å². The van der Waals surface area contributed by atoms with Crippen LogP contribution in [0.4, 0.5) is 18.9 Å². The van der Waals surface area contributed by atoms with Crippen LogP contribution in [0.1, 0.15) is 47.9 Å². The van der Waals surface area contributed by atoms with Gasteiger partial charge in [-0.3, -0.25) is 13.9 Å². The number of sulfonamides is 1. The summed E-state index contributed by atoms with van der Waals surface area (Å²) in [6, 6.07) is 19.4. The average Bonchev–Trinajstić information content (AvgIpc) is 3.46. The first-order chi connectivity index (χ1) is 20.3.